The van der Waals surface area contributed by atoms with Gasteiger partial charge in [0.15, 0.2) is 11.6 Å². The standard InChI is InChI=1S/C46H41Cl5N8O8/c1-23(49)33-20-30(52-45(64)41(24(2)60)58-56-39-18-26(6-11-34(39)50)43(62)53-36-14-9-31(66-4)16-28(36)21-47)8-13-38(33)55-46(65)42(25(3)61)59-57-40-19-27(7-12-35(40)51)44(63)54-37-15-10-32(67-5)17-29(37)22-48/h6-20,23,41-42H,21-22H2,1-5H3,(H,52,64)(H,53,62)(H,54,63)(H,55,65). The molecule has 4 N–H and O–H groups in total. The van der Waals surface area contributed by atoms with Gasteiger partial charge in [-0.25, -0.2) is 0 Å². The Balaban J connectivity index is 1.28. The van der Waals surface area contributed by atoms with E-state index in [2.05, 4.69) is 41.7 Å². The topological polar surface area (TPSA) is 218 Å². The van der Waals surface area contributed by atoms with Crippen molar-refractivity contribution >= 4 is 127 Å². The number of methoxy groups -OCH3 is 2. The largest absolute Gasteiger partial charge is 0.497 e. The minimum Gasteiger partial charge on any atom is -0.497 e. The molecule has 5 rings (SSSR count). The van der Waals surface area contributed by atoms with Crippen LogP contribution in [0.1, 0.15) is 63.6 Å². The zero-order valence-electron chi connectivity index (χ0n) is 36.3. The van der Waals surface area contributed by atoms with Crippen LogP contribution in [0.15, 0.2) is 111 Å². The number of alkyl halides is 3. The number of halogens is 5. The van der Waals surface area contributed by atoms with Crippen molar-refractivity contribution in [2.45, 2.75) is 50.0 Å². The van der Waals surface area contributed by atoms with Crippen molar-refractivity contribution in [3.63, 3.8) is 0 Å². The quantitative estimate of drug-likeness (QED) is 0.0353. The fraction of sp³-hybridized carbons (Fsp3) is 0.217. The molecule has 3 atom stereocenters. The second-order valence-corrected chi connectivity index (χ2v) is 16.4. The molecule has 0 saturated carbocycles. The monoisotopic (exact) mass is 1010 g/mol. The van der Waals surface area contributed by atoms with Crippen LogP contribution in [-0.4, -0.2) is 61.5 Å². The number of rotatable bonds is 19. The third-order valence-electron chi connectivity index (χ3n) is 9.66. The summed E-state index contributed by atoms with van der Waals surface area (Å²) in [6.07, 6.45) is 0. The average molecular weight is 1010 g/mol. The van der Waals surface area contributed by atoms with Gasteiger partial charge in [-0.2, -0.15) is 20.5 Å². The molecule has 0 aromatic heterocycles. The molecule has 348 valence electrons. The van der Waals surface area contributed by atoms with Gasteiger partial charge in [-0.15, -0.1) is 34.8 Å². The average Bonchev–Trinajstić information content (AvgIpc) is 3.30. The molecule has 0 fully saturated rings. The number of anilines is 4. The lowest BCUT2D eigenvalue weighted by atomic mass is 10.1. The number of Topliss-reactive ketones (excluding diaryl/α,β-unsaturated/α-hetero) is 2. The van der Waals surface area contributed by atoms with Crippen molar-refractivity contribution < 1.29 is 38.2 Å². The Bertz CT molecular complexity index is 2790. The van der Waals surface area contributed by atoms with Gasteiger partial charge < -0.3 is 30.7 Å². The van der Waals surface area contributed by atoms with Gasteiger partial charge in [-0.05, 0) is 128 Å². The summed E-state index contributed by atoms with van der Waals surface area (Å²) in [5.74, 6) is -2.77. The molecular formula is C46H41Cl5N8O8. The highest BCUT2D eigenvalue weighted by Crippen LogP contribution is 2.33. The van der Waals surface area contributed by atoms with E-state index in [0.29, 0.717) is 39.6 Å². The van der Waals surface area contributed by atoms with E-state index in [-0.39, 0.29) is 55.7 Å². The number of nitrogens with zero attached hydrogens (tertiary/aromatic N) is 4. The van der Waals surface area contributed by atoms with Gasteiger partial charge in [0.2, 0.25) is 12.1 Å². The third kappa shape index (κ3) is 13.6. The highest BCUT2D eigenvalue weighted by molar-refractivity contribution is 6.33. The first-order valence-corrected chi connectivity index (χ1v) is 22.1. The summed E-state index contributed by atoms with van der Waals surface area (Å²) >= 11 is 31.4. The molecule has 0 aliphatic heterocycles. The summed E-state index contributed by atoms with van der Waals surface area (Å²) in [5.41, 5.74) is 3.12. The van der Waals surface area contributed by atoms with Crippen LogP contribution >= 0.6 is 58.0 Å². The number of azo groups is 2. The molecule has 21 heteroatoms. The maximum atomic E-state index is 13.5. The molecule has 0 aliphatic carbocycles. The van der Waals surface area contributed by atoms with Crippen LogP contribution in [0.25, 0.3) is 0 Å². The van der Waals surface area contributed by atoms with Gasteiger partial charge in [0.1, 0.15) is 22.9 Å². The van der Waals surface area contributed by atoms with E-state index in [1.807, 2.05) is 0 Å². The Morgan fingerprint density at radius 3 is 1.40 bits per heavy atom. The fourth-order valence-electron chi connectivity index (χ4n) is 6.08. The summed E-state index contributed by atoms with van der Waals surface area (Å²) < 4.78 is 10.4. The molecule has 0 aliphatic rings. The summed E-state index contributed by atoms with van der Waals surface area (Å²) in [5, 5.41) is 26.3. The van der Waals surface area contributed by atoms with E-state index in [9.17, 15) is 28.8 Å². The first-order chi connectivity index (χ1) is 32.0. The minimum atomic E-state index is -1.65. The van der Waals surface area contributed by atoms with Crippen LogP contribution < -0.4 is 30.7 Å². The highest BCUT2D eigenvalue weighted by atomic mass is 35.5. The van der Waals surface area contributed by atoms with E-state index >= 15 is 0 Å². The van der Waals surface area contributed by atoms with Crippen molar-refractivity contribution in [2.75, 3.05) is 35.5 Å². The number of nitrogens with one attached hydrogen (secondary N) is 4. The van der Waals surface area contributed by atoms with Crippen molar-refractivity contribution in [3.05, 3.63) is 129 Å². The van der Waals surface area contributed by atoms with Gasteiger partial charge >= 0.3 is 0 Å². The van der Waals surface area contributed by atoms with Gasteiger partial charge in [-0.1, -0.05) is 23.2 Å². The van der Waals surface area contributed by atoms with Crippen molar-refractivity contribution in [3.8, 4) is 11.5 Å². The molecule has 67 heavy (non-hydrogen) atoms. The fourth-order valence-corrected chi connectivity index (χ4v) is 7.01. The molecule has 5 aromatic carbocycles. The van der Waals surface area contributed by atoms with Crippen LogP contribution in [0, 0.1) is 0 Å². The second kappa shape index (κ2) is 23.8. The molecule has 16 nitrogen and oxygen atoms in total. The number of ketones is 2. The number of carbonyl (C=O) groups is 6. The second-order valence-electron chi connectivity index (χ2n) is 14.4. The summed E-state index contributed by atoms with van der Waals surface area (Å²) in [6.45, 7) is 3.90. The molecule has 5 aromatic rings. The first-order valence-electron chi connectivity index (χ1n) is 19.9. The van der Waals surface area contributed by atoms with E-state index < -0.39 is 52.7 Å². The van der Waals surface area contributed by atoms with Crippen LogP contribution in [0.3, 0.4) is 0 Å². The van der Waals surface area contributed by atoms with Crippen LogP contribution in [0.5, 0.6) is 11.5 Å². The molecule has 0 bridgehead atoms. The predicted molar refractivity (Wildman–Crippen MR) is 260 cm³/mol. The van der Waals surface area contributed by atoms with E-state index in [1.165, 1.54) is 68.8 Å². The lowest BCUT2D eigenvalue weighted by molar-refractivity contribution is -0.127. The van der Waals surface area contributed by atoms with Crippen LogP contribution in [0.2, 0.25) is 10.0 Å². The summed E-state index contributed by atoms with van der Waals surface area (Å²) in [6, 6.07) is 19.5. The predicted octanol–water partition coefficient (Wildman–Crippen LogP) is 11.7. The Morgan fingerprint density at radius 2 is 1.00 bits per heavy atom. The number of benzene rings is 5. The normalized spacial score (nSPS) is 12.5. The number of carbonyl (C=O) groups excluding carboxylic acids is 6. The minimum absolute atomic E-state index is 0.00510. The van der Waals surface area contributed by atoms with Crippen molar-refractivity contribution in [2.24, 2.45) is 20.5 Å². The zero-order chi connectivity index (χ0) is 48.9. The molecule has 3 unspecified atom stereocenters. The molecular weight excluding hydrogens is 970 g/mol. The van der Waals surface area contributed by atoms with Crippen molar-refractivity contribution in [1.82, 2.24) is 0 Å². The Labute approximate surface area is 409 Å². The van der Waals surface area contributed by atoms with Gasteiger partial charge in [0, 0.05) is 45.6 Å². The Hall–Kier alpha value is -6.43. The van der Waals surface area contributed by atoms with E-state index in [4.69, 9.17) is 67.5 Å². The lowest BCUT2D eigenvalue weighted by Gasteiger charge is -2.17. The van der Waals surface area contributed by atoms with E-state index in [0.717, 1.165) is 13.8 Å². The van der Waals surface area contributed by atoms with Crippen molar-refractivity contribution in [1.29, 1.82) is 0 Å². The van der Waals surface area contributed by atoms with Crippen LogP contribution in [-0.2, 0) is 30.9 Å². The lowest BCUT2D eigenvalue weighted by Crippen LogP contribution is -2.32. The first kappa shape index (κ1) is 51.6. The van der Waals surface area contributed by atoms with E-state index in [1.54, 1.807) is 43.3 Å². The maximum absolute atomic E-state index is 13.5. The van der Waals surface area contributed by atoms with Gasteiger partial charge in [-0.3, -0.25) is 28.8 Å². The number of ether oxygens (including phenoxy) is 2. The molecule has 0 spiro atoms. The summed E-state index contributed by atoms with van der Waals surface area (Å²) in [7, 11) is 3.02. The van der Waals surface area contributed by atoms with Gasteiger partial charge in [0.05, 0.1) is 29.6 Å². The Kier molecular flexibility index (Phi) is 18.3. The maximum Gasteiger partial charge on any atom is 0.258 e. The van der Waals surface area contributed by atoms with Gasteiger partial charge in [0.25, 0.3) is 23.6 Å². The molecule has 4 amide bonds. The third-order valence-corrected chi connectivity index (χ3v) is 11.1. The Morgan fingerprint density at radius 1 is 0.567 bits per heavy atom. The molecule has 0 saturated heterocycles. The van der Waals surface area contributed by atoms with Crippen LogP contribution in [0.4, 0.5) is 34.1 Å². The SMILES string of the molecule is COc1ccc(NC(=O)c2ccc(Cl)c(N=NC(C(C)=O)C(=O)Nc3ccc(NC(=O)C(N=Nc4cc(C(=O)Nc5ccc(OC)cc5CCl)ccc4Cl)C(C)=O)c(C(C)Cl)c3)c2)c(CCl)c1. The highest BCUT2D eigenvalue weighted by Gasteiger charge is 2.27. The molecule has 0 radical (unpaired) electrons. The molecule has 0 heterocycles. The summed E-state index contributed by atoms with van der Waals surface area (Å²) in [4.78, 5) is 78.7. The number of amides is 4. The number of hydrogen-bond acceptors (Lipinski definition) is 12. The zero-order valence-corrected chi connectivity index (χ0v) is 40.0. The smallest absolute Gasteiger partial charge is 0.258 e. The number of hydrogen-bond donors (Lipinski definition) is 4.